The molecule has 1 aromatic heterocycles. The van der Waals surface area contributed by atoms with Crippen molar-refractivity contribution in [3.05, 3.63) is 58.0 Å². The Morgan fingerprint density at radius 2 is 2.06 bits per heavy atom. The summed E-state index contributed by atoms with van der Waals surface area (Å²) in [4.78, 5) is 10.8. The van der Waals surface area contributed by atoms with Crippen molar-refractivity contribution in [2.45, 2.75) is 38.5 Å². The summed E-state index contributed by atoms with van der Waals surface area (Å²) >= 11 is 1.84. The highest BCUT2D eigenvalue weighted by atomic mass is 32.1. The molecule has 2 fully saturated rings. The lowest BCUT2D eigenvalue weighted by atomic mass is 9.98. The van der Waals surface area contributed by atoms with Crippen LogP contribution in [0.4, 0.5) is 4.39 Å². The molecule has 0 saturated carbocycles. The lowest BCUT2D eigenvalue weighted by molar-refractivity contribution is -0.0605. The number of nitrogens with one attached hydrogen (secondary N) is 1. The van der Waals surface area contributed by atoms with Gasteiger partial charge in [0.15, 0.2) is 5.96 Å². The second-order valence-electron chi connectivity index (χ2n) is 8.64. The van der Waals surface area contributed by atoms with Gasteiger partial charge in [-0.3, -0.25) is 9.89 Å². The van der Waals surface area contributed by atoms with Crippen LogP contribution in [0.2, 0.25) is 0 Å². The van der Waals surface area contributed by atoms with Crippen molar-refractivity contribution in [3.8, 4) is 0 Å². The smallest absolute Gasteiger partial charge is 0.193 e. The Morgan fingerprint density at radius 3 is 2.81 bits per heavy atom. The molecule has 4 rings (SSSR count). The quantitative estimate of drug-likeness (QED) is 0.556. The van der Waals surface area contributed by atoms with Gasteiger partial charge in [0.05, 0.1) is 12.6 Å². The molecule has 2 saturated heterocycles. The standard InChI is InChI=1S/C24H33FN4OS/c1-18-14-29(17-23(30-18)20-7-9-21(25)10-8-20)24(26-2)27-13-19-5-3-11-28(15-19)16-22-6-4-12-31-22/h4,6-10,12,18-19,23H,3,5,11,13-17H2,1-2H3,(H,26,27). The number of hydrogen-bond acceptors (Lipinski definition) is 4. The van der Waals surface area contributed by atoms with Gasteiger partial charge in [0.2, 0.25) is 0 Å². The van der Waals surface area contributed by atoms with Crippen LogP contribution in [0, 0.1) is 11.7 Å². The van der Waals surface area contributed by atoms with Gasteiger partial charge in [-0.05, 0) is 61.4 Å². The fraction of sp³-hybridized carbons (Fsp3) is 0.542. The largest absolute Gasteiger partial charge is 0.367 e. The highest BCUT2D eigenvalue weighted by Crippen LogP contribution is 2.26. The van der Waals surface area contributed by atoms with Crippen molar-refractivity contribution in [1.29, 1.82) is 0 Å². The Labute approximate surface area is 188 Å². The summed E-state index contributed by atoms with van der Waals surface area (Å²) in [6.45, 7) is 7.89. The van der Waals surface area contributed by atoms with Crippen LogP contribution in [-0.2, 0) is 11.3 Å². The van der Waals surface area contributed by atoms with E-state index in [9.17, 15) is 4.39 Å². The molecule has 3 unspecified atom stereocenters. The maximum Gasteiger partial charge on any atom is 0.193 e. The van der Waals surface area contributed by atoms with Crippen LogP contribution in [0.15, 0.2) is 46.8 Å². The van der Waals surface area contributed by atoms with Gasteiger partial charge >= 0.3 is 0 Å². The van der Waals surface area contributed by atoms with Crippen LogP contribution in [0.25, 0.3) is 0 Å². The lowest BCUT2D eigenvalue weighted by Gasteiger charge is -2.39. The first kappa shape index (κ1) is 22.2. The third kappa shape index (κ3) is 6.05. The molecule has 168 valence electrons. The summed E-state index contributed by atoms with van der Waals surface area (Å²) in [7, 11) is 1.85. The molecule has 7 heteroatoms. The van der Waals surface area contributed by atoms with Crippen LogP contribution in [0.5, 0.6) is 0 Å². The van der Waals surface area contributed by atoms with Gasteiger partial charge in [-0.1, -0.05) is 18.2 Å². The van der Waals surface area contributed by atoms with Gasteiger partial charge in [0, 0.05) is 38.1 Å². The second kappa shape index (κ2) is 10.6. The molecule has 2 aliphatic rings. The normalized spacial score (nSPS) is 25.6. The summed E-state index contributed by atoms with van der Waals surface area (Å²) in [5, 5.41) is 5.78. The molecule has 0 aliphatic carbocycles. The molecule has 0 bridgehead atoms. The van der Waals surface area contributed by atoms with E-state index in [2.05, 4.69) is 44.5 Å². The Morgan fingerprint density at radius 1 is 1.23 bits per heavy atom. The average molecular weight is 445 g/mol. The first-order chi connectivity index (χ1) is 15.1. The fourth-order valence-corrected chi connectivity index (χ4v) is 5.38. The number of morpholine rings is 1. The maximum atomic E-state index is 13.3. The SMILES string of the molecule is CN=C(NCC1CCCN(Cc2cccs2)C1)N1CC(C)OC(c2ccc(F)cc2)C1. The monoisotopic (exact) mass is 444 g/mol. The minimum absolute atomic E-state index is 0.0818. The number of nitrogens with zero attached hydrogens (tertiary/aromatic N) is 3. The summed E-state index contributed by atoms with van der Waals surface area (Å²) in [6, 6.07) is 11.0. The van der Waals surface area contributed by atoms with E-state index in [0.29, 0.717) is 12.5 Å². The van der Waals surface area contributed by atoms with Gasteiger partial charge in [0.25, 0.3) is 0 Å². The van der Waals surface area contributed by atoms with Gasteiger partial charge in [0.1, 0.15) is 11.9 Å². The first-order valence-corrected chi connectivity index (χ1v) is 12.1. The fourth-order valence-electron chi connectivity index (χ4n) is 4.64. The molecule has 1 aromatic carbocycles. The van der Waals surface area contributed by atoms with E-state index < -0.39 is 0 Å². The third-order valence-corrected chi connectivity index (χ3v) is 6.99. The first-order valence-electron chi connectivity index (χ1n) is 11.2. The average Bonchev–Trinajstić information content (AvgIpc) is 3.28. The number of halogens is 1. The van der Waals surface area contributed by atoms with Gasteiger partial charge in [-0.15, -0.1) is 11.3 Å². The minimum atomic E-state index is -0.220. The van der Waals surface area contributed by atoms with E-state index in [-0.39, 0.29) is 18.0 Å². The number of aliphatic imine (C=N–C) groups is 1. The Balaban J connectivity index is 1.32. The molecule has 3 heterocycles. The van der Waals surface area contributed by atoms with Crippen LogP contribution in [0.3, 0.4) is 0 Å². The van der Waals surface area contributed by atoms with Crippen LogP contribution in [0.1, 0.15) is 36.3 Å². The Bertz CT molecular complexity index is 842. The summed E-state index contributed by atoms with van der Waals surface area (Å²) in [5.41, 5.74) is 1.00. The van der Waals surface area contributed by atoms with Crippen molar-refractivity contribution >= 4 is 17.3 Å². The van der Waals surface area contributed by atoms with Gasteiger partial charge < -0.3 is 15.0 Å². The van der Waals surface area contributed by atoms with Crippen molar-refractivity contribution in [3.63, 3.8) is 0 Å². The number of hydrogen-bond donors (Lipinski definition) is 1. The van der Waals surface area contributed by atoms with E-state index in [0.717, 1.165) is 37.7 Å². The van der Waals surface area contributed by atoms with E-state index in [1.54, 1.807) is 0 Å². The van der Waals surface area contributed by atoms with E-state index in [1.165, 1.54) is 36.4 Å². The second-order valence-corrected chi connectivity index (χ2v) is 9.67. The van der Waals surface area contributed by atoms with Crippen molar-refractivity contribution < 1.29 is 9.13 Å². The van der Waals surface area contributed by atoms with Crippen LogP contribution >= 0.6 is 11.3 Å². The molecule has 2 aliphatic heterocycles. The Kier molecular flexibility index (Phi) is 7.58. The number of rotatable bonds is 5. The molecular formula is C24H33FN4OS. The van der Waals surface area contributed by atoms with Gasteiger partial charge in [-0.2, -0.15) is 0 Å². The molecule has 0 amide bonds. The van der Waals surface area contributed by atoms with Gasteiger partial charge in [-0.25, -0.2) is 4.39 Å². The van der Waals surface area contributed by atoms with Crippen LogP contribution in [-0.4, -0.2) is 61.6 Å². The molecule has 2 aromatic rings. The molecule has 0 spiro atoms. The topological polar surface area (TPSA) is 40.1 Å². The highest BCUT2D eigenvalue weighted by molar-refractivity contribution is 7.09. The number of likely N-dealkylation sites (tertiary alicyclic amines) is 1. The summed E-state index contributed by atoms with van der Waals surface area (Å²) in [5.74, 6) is 1.33. The summed E-state index contributed by atoms with van der Waals surface area (Å²) < 4.78 is 19.5. The molecule has 0 radical (unpaired) electrons. The molecule has 5 nitrogen and oxygen atoms in total. The van der Waals surface area contributed by atoms with Crippen molar-refractivity contribution in [2.75, 3.05) is 39.8 Å². The summed E-state index contributed by atoms with van der Waals surface area (Å²) in [6.07, 6.45) is 2.50. The number of guanidine groups is 1. The number of ether oxygens (including phenoxy) is 1. The zero-order valence-electron chi connectivity index (χ0n) is 18.5. The zero-order chi connectivity index (χ0) is 21.6. The van der Waals surface area contributed by atoms with Crippen molar-refractivity contribution in [1.82, 2.24) is 15.1 Å². The van der Waals surface area contributed by atoms with E-state index >= 15 is 0 Å². The molecule has 31 heavy (non-hydrogen) atoms. The third-order valence-electron chi connectivity index (χ3n) is 6.12. The number of benzene rings is 1. The molecular weight excluding hydrogens is 411 g/mol. The molecule has 3 atom stereocenters. The lowest BCUT2D eigenvalue weighted by Crippen LogP contribution is -2.52. The van der Waals surface area contributed by atoms with E-state index in [1.807, 2.05) is 30.5 Å². The predicted octanol–water partition coefficient (Wildman–Crippen LogP) is 4.14. The minimum Gasteiger partial charge on any atom is -0.367 e. The Hall–Kier alpha value is -1.96. The number of piperidine rings is 1. The van der Waals surface area contributed by atoms with E-state index in [4.69, 9.17) is 4.74 Å². The maximum absolute atomic E-state index is 13.3. The predicted molar refractivity (Wildman–Crippen MR) is 125 cm³/mol. The number of thiophene rings is 1. The highest BCUT2D eigenvalue weighted by Gasteiger charge is 2.29. The van der Waals surface area contributed by atoms with Crippen molar-refractivity contribution in [2.24, 2.45) is 10.9 Å². The van der Waals surface area contributed by atoms with Crippen LogP contribution < -0.4 is 5.32 Å². The molecule has 1 N–H and O–H groups in total. The zero-order valence-corrected chi connectivity index (χ0v) is 19.3.